The molecule has 0 fully saturated rings. The van der Waals surface area contributed by atoms with Crippen LogP contribution in [0.3, 0.4) is 0 Å². The third-order valence-electron chi connectivity index (χ3n) is 1.76. The molecule has 0 saturated carbocycles. The summed E-state index contributed by atoms with van der Waals surface area (Å²) in [5, 5.41) is 36.0. The summed E-state index contributed by atoms with van der Waals surface area (Å²) < 4.78 is 0. The lowest BCUT2D eigenvalue weighted by atomic mass is 10.1. The second kappa shape index (κ2) is 3.51. The maximum Gasteiger partial charge on any atom is 0.200 e. The van der Waals surface area contributed by atoms with E-state index in [0.29, 0.717) is 0 Å². The van der Waals surface area contributed by atoms with Crippen molar-refractivity contribution in [1.82, 2.24) is 0 Å². The number of aliphatic hydroxyl groups is 1. The third kappa shape index (κ3) is 1.66. The summed E-state index contributed by atoms with van der Waals surface area (Å²) in [7, 11) is 0. The highest BCUT2D eigenvalue weighted by atomic mass is 16.3. The van der Waals surface area contributed by atoms with Gasteiger partial charge in [0.25, 0.3) is 0 Å². The summed E-state index contributed by atoms with van der Waals surface area (Å²) in [5.41, 5.74) is 5.60. The average molecular weight is 185 g/mol. The van der Waals surface area contributed by atoms with Crippen LogP contribution in [0.1, 0.15) is 11.6 Å². The van der Waals surface area contributed by atoms with Gasteiger partial charge in [-0.05, 0) is 12.1 Å². The van der Waals surface area contributed by atoms with Crippen molar-refractivity contribution in [2.45, 2.75) is 6.04 Å². The molecular formula is C8H11NO4. The van der Waals surface area contributed by atoms with Crippen LogP contribution in [-0.4, -0.2) is 27.0 Å². The van der Waals surface area contributed by atoms with Crippen molar-refractivity contribution in [3.8, 4) is 17.2 Å². The third-order valence-corrected chi connectivity index (χ3v) is 1.76. The van der Waals surface area contributed by atoms with Crippen molar-refractivity contribution in [3.05, 3.63) is 17.7 Å². The van der Waals surface area contributed by atoms with Gasteiger partial charge >= 0.3 is 0 Å². The number of hydrogen-bond donors (Lipinski definition) is 5. The highest BCUT2D eigenvalue weighted by molar-refractivity contribution is 5.54. The first-order valence-electron chi connectivity index (χ1n) is 3.68. The molecule has 72 valence electrons. The van der Waals surface area contributed by atoms with Gasteiger partial charge in [0.05, 0.1) is 12.6 Å². The van der Waals surface area contributed by atoms with Crippen molar-refractivity contribution >= 4 is 0 Å². The number of phenolic OH excluding ortho intramolecular Hbond substituents is 3. The van der Waals surface area contributed by atoms with Gasteiger partial charge in [0.2, 0.25) is 5.75 Å². The van der Waals surface area contributed by atoms with Gasteiger partial charge in [0, 0.05) is 5.56 Å². The van der Waals surface area contributed by atoms with E-state index in [-0.39, 0.29) is 12.2 Å². The lowest BCUT2D eigenvalue weighted by Gasteiger charge is -2.11. The smallest absolute Gasteiger partial charge is 0.200 e. The molecule has 0 aromatic heterocycles. The summed E-state index contributed by atoms with van der Waals surface area (Å²) in [6.45, 7) is -0.349. The van der Waals surface area contributed by atoms with E-state index in [2.05, 4.69) is 0 Å². The fraction of sp³-hybridized carbons (Fsp3) is 0.250. The minimum absolute atomic E-state index is 0.192. The lowest BCUT2D eigenvalue weighted by molar-refractivity contribution is 0.263. The molecule has 0 saturated heterocycles. The Bertz CT molecular complexity index is 313. The number of aromatic hydroxyl groups is 3. The van der Waals surface area contributed by atoms with Crippen LogP contribution in [-0.2, 0) is 0 Å². The normalized spacial score (nSPS) is 12.8. The first-order valence-corrected chi connectivity index (χ1v) is 3.68. The zero-order valence-electron chi connectivity index (χ0n) is 6.81. The topological polar surface area (TPSA) is 107 Å². The molecule has 6 N–H and O–H groups in total. The monoisotopic (exact) mass is 185 g/mol. The molecule has 0 radical (unpaired) electrons. The Morgan fingerprint density at radius 2 is 1.77 bits per heavy atom. The number of phenols is 3. The Morgan fingerprint density at radius 1 is 1.15 bits per heavy atom. The summed E-state index contributed by atoms with van der Waals surface area (Å²) in [4.78, 5) is 0. The molecule has 0 amide bonds. The van der Waals surface area contributed by atoms with Crippen LogP contribution >= 0.6 is 0 Å². The number of aliphatic hydroxyl groups excluding tert-OH is 1. The van der Waals surface area contributed by atoms with Gasteiger partial charge in [0.15, 0.2) is 11.5 Å². The molecule has 1 rings (SSSR count). The van der Waals surface area contributed by atoms with Crippen LogP contribution in [0, 0.1) is 0 Å². The Hall–Kier alpha value is -1.46. The molecule has 1 aromatic carbocycles. The van der Waals surface area contributed by atoms with Crippen LogP contribution in [0.4, 0.5) is 0 Å². The van der Waals surface area contributed by atoms with Gasteiger partial charge in [-0.3, -0.25) is 0 Å². The minimum atomic E-state index is -0.772. The minimum Gasteiger partial charge on any atom is -0.504 e. The van der Waals surface area contributed by atoms with E-state index in [1.54, 1.807) is 0 Å². The fourth-order valence-electron chi connectivity index (χ4n) is 0.982. The Morgan fingerprint density at radius 3 is 2.31 bits per heavy atom. The van der Waals surface area contributed by atoms with Crippen molar-refractivity contribution < 1.29 is 20.4 Å². The van der Waals surface area contributed by atoms with Gasteiger partial charge in [-0.1, -0.05) is 0 Å². The van der Waals surface area contributed by atoms with Crippen LogP contribution in [0.5, 0.6) is 17.2 Å². The predicted octanol–water partition coefficient (Wildman–Crippen LogP) is -0.205. The van der Waals surface area contributed by atoms with E-state index < -0.39 is 23.3 Å². The second-order valence-electron chi connectivity index (χ2n) is 2.66. The zero-order valence-corrected chi connectivity index (χ0v) is 6.81. The number of benzene rings is 1. The first kappa shape index (κ1) is 9.63. The summed E-state index contributed by atoms with van der Waals surface area (Å²) in [6, 6.07) is 1.76. The number of rotatable bonds is 2. The van der Waals surface area contributed by atoms with Crippen LogP contribution in [0.25, 0.3) is 0 Å². The van der Waals surface area contributed by atoms with E-state index in [4.69, 9.17) is 21.1 Å². The molecule has 0 spiro atoms. The van der Waals surface area contributed by atoms with Gasteiger partial charge in [-0.25, -0.2) is 0 Å². The highest BCUT2D eigenvalue weighted by Crippen LogP contribution is 2.38. The average Bonchev–Trinajstić information content (AvgIpc) is 2.13. The van der Waals surface area contributed by atoms with E-state index in [1.807, 2.05) is 0 Å². The zero-order chi connectivity index (χ0) is 10.0. The molecule has 5 heteroatoms. The number of hydrogen-bond acceptors (Lipinski definition) is 5. The van der Waals surface area contributed by atoms with Crippen molar-refractivity contribution in [3.63, 3.8) is 0 Å². The van der Waals surface area contributed by atoms with E-state index in [9.17, 15) is 5.11 Å². The van der Waals surface area contributed by atoms with Gasteiger partial charge < -0.3 is 26.2 Å². The summed E-state index contributed by atoms with van der Waals surface area (Å²) in [6.07, 6.45) is 0. The van der Waals surface area contributed by atoms with Crippen molar-refractivity contribution in [1.29, 1.82) is 0 Å². The molecule has 0 aliphatic carbocycles. The maximum atomic E-state index is 9.28. The molecule has 1 atom stereocenters. The van der Waals surface area contributed by atoms with Crippen molar-refractivity contribution in [2.75, 3.05) is 6.61 Å². The first-order chi connectivity index (χ1) is 6.07. The van der Waals surface area contributed by atoms with Gasteiger partial charge in [0.1, 0.15) is 0 Å². The molecular weight excluding hydrogens is 174 g/mol. The Balaban J connectivity index is 3.18. The second-order valence-corrected chi connectivity index (χ2v) is 2.66. The molecule has 0 unspecified atom stereocenters. The fourth-order valence-corrected chi connectivity index (χ4v) is 0.982. The molecule has 0 aliphatic rings. The molecule has 0 aliphatic heterocycles. The van der Waals surface area contributed by atoms with E-state index in [1.165, 1.54) is 12.1 Å². The van der Waals surface area contributed by atoms with E-state index in [0.717, 1.165) is 0 Å². The Labute approximate surface area is 74.7 Å². The summed E-state index contributed by atoms with van der Waals surface area (Å²) >= 11 is 0. The molecule has 1 aromatic rings. The lowest BCUT2D eigenvalue weighted by Crippen LogP contribution is -2.14. The Kier molecular flexibility index (Phi) is 2.60. The standard InChI is InChI=1S/C8H11NO4/c9-5(3-10)4-1-2-6(11)8(13)7(4)12/h1-2,5,10-13H,3,9H2/t5-/m0/s1. The van der Waals surface area contributed by atoms with E-state index >= 15 is 0 Å². The van der Waals surface area contributed by atoms with Crippen molar-refractivity contribution in [2.24, 2.45) is 5.73 Å². The van der Waals surface area contributed by atoms with Gasteiger partial charge in [-0.2, -0.15) is 0 Å². The SMILES string of the molecule is N[C@@H](CO)c1ccc(O)c(O)c1O. The predicted molar refractivity (Wildman–Crippen MR) is 45.5 cm³/mol. The molecule has 0 heterocycles. The maximum absolute atomic E-state index is 9.28. The van der Waals surface area contributed by atoms with Crippen LogP contribution in [0.15, 0.2) is 12.1 Å². The summed E-state index contributed by atoms with van der Waals surface area (Å²) in [5.74, 6) is -1.55. The quantitative estimate of drug-likeness (QED) is 0.410. The largest absolute Gasteiger partial charge is 0.504 e. The molecule has 13 heavy (non-hydrogen) atoms. The molecule has 5 nitrogen and oxygen atoms in total. The van der Waals surface area contributed by atoms with Crippen LogP contribution in [0.2, 0.25) is 0 Å². The molecule has 0 bridgehead atoms. The van der Waals surface area contributed by atoms with Gasteiger partial charge in [-0.15, -0.1) is 0 Å². The van der Waals surface area contributed by atoms with Crippen LogP contribution < -0.4 is 5.73 Å². The highest BCUT2D eigenvalue weighted by Gasteiger charge is 2.15. The number of nitrogens with two attached hydrogens (primary N) is 1.